The Morgan fingerprint density at radius 3 is 2.71 bits per heavy atom. The maximum atomic E-state index is 12.5. The van der Waals surface area contributed by atoms with Gasteiger partial charge in [0.25, 0.3) is 0 Å². The van der Waals surface area contributed by atoms with Gasteiger partial charge in [-0.2, -0.15) is 0 Å². The summed E-state index contributed by atoms with van der Waals surface area (Å²) in [6, 6.07) is 17.4. The van der Waals surface area contributed by atoms with E-state index in [2.05, 4.69) is 12.1 Å². The van der Waals surface area contributed by atoms with Crippen molar-refractivity contribution in [2.75, 3.05) is 0 Å². The maximum absolute atomic E-state index is 12.5. The molecular weight excluding hydrogens is 284 g/mol. The number of carbonyl (C=O) groups excluding carboxylic acids is 1. The molecule has 1 aliphatic carbocycles. The van der Waals surface area contributed by atoms with Crippen LogP contribution in [0.4, 0.5) is 0 Å². The second-order valence-corrected chi connectivity index (χ2v) is 5.95. The molecule has 21 heavy (non-hydrogen) atoms. The predicted octanol–water partition coefficient (Wildman–Crippen LogP) is 5.07. The second-order valence-electron chi connectivity index (χ2n) is 5.52. The Morgan fingerprint density at radius 1 is 1.10 bits per heavy atom. The fraction of sp³-hybridized carbons (Fsp3) is 0.167. The zero-order chi connectivity index (χ0) is 14.4. The molecular formula is C18H13ClO2. The van der Waals surface area contributed by atoms with Crippen molar-refractivity contribution in [2.45, 2.75) is 12.3 Å². The molecule has 1 aromatic heterocycles. The minimum Gasteiger partial charge on any atom is -0.453 e. The molecule has 0 spiro atoms. The first-order chi connectivity index (χ1) is 10.2. The van der Waals surface area contributed by atoms with Crippen LogP contribution in [-0.4, -0.2) is 5.78 Å². The molecule has 0 amide bonds. The van der Waals surface area contributed by atoms with Crippen molar-refractivity contribution in [3.8, 4) is 0 Å². The number of carbonyl (C=O) groups is 1. The summed E-state index contributed by atoms with van der Waals surface area (Å²) in [6.45, 7) is 0. The van der Waals surface area contributed by atoms with Gasteiger partial charge in [0.1, 0.15) is 5.58 Å². The minimum atomic E-state index is 0.0448. The van der Waals surface area contributed by atoms with Crippen LogP contribution in [0.15, 0.2) is 59.0 Å². The highest BCUT2D eigenvalue weighted by atomic mass is 35.5. The van der Waals surface area contributed by atoms with Crippen LogP contribution in [0.1, 0.15) is 28.5 Å². The molecule has 3 aromatic rings. The lowest BCUT2D eigenvalue weighted by Crippen LogP contribution is -2.01. The molecule has 1 saturated carbocycles. The zero-order valence-corrected chi connectivity index (χ0v) is 12.0. The topological polar surface area (TPSA) is 30.2 Å². The van der Waals surface area contributed by atoms with E-state index < -0.39 is 0 Å². The lowest BCUT2D eigenvalue weighted by Gasteiger charge is -1.98. The number of Topliss-reactive ketones (excluding diaryl/α,β-unsaturated/α-hetero) is 1. The Hall–Kier alpha value is -2.06. The van der Waals surface area contributed by atoms with Crippen molar-refractivity contribution in [2.24, 2.45) is 5.92 Å². The molecule has 1 aliphatic rings. The highest BCUT2D eigenvalue weighted by Gasteiger charge is 2.45. The monoisotopic (exact) mass is 296 g/mol. The number of hydrogen-bond acceptors (Lipinski definition) is 2. The number of fused-ring (bicyclic) bond motifs is 1. The fourth-order valence-electron chi connectivity index (χ4n) is 2.87. The normalized spacial score (nSPS) is 20.6. The molecule has 2 unspecified atom stereocenters. The molecule has 1 heterocycles. The first-order valence-electron chi connectivity index (χ1n) is 7.00. The Kier molecular flexibility index (Phi) is 2.86. The van der Waals surface area contributed by atoms with Gasteiger partial charge in [0, 0.05) is 16.3 Å². The first-order valence-corrected chi connectivity index (χ1v) is 7.38. The van der Waals surface area contributed by atoms with Gasteiger partial charge in [0.15, 0.2) is 5.76 Å². The number of hydrogen-bond donors (Lipinski definition) is 0. The molecule has 2 nitrogen and oxygen atoms in total. The second kappa shape index (κ2) is 4.74. The van der Waals surface area contributed by atoms with Crippen molar-refractivity contribution in [1.29, 1.82) is 0 Å². The van der Waals surface area contributed by atoms with Gasteiger partial charge >= 0.3 is 0 Å². The Morgan fingerprint density at radius 2 is 1.90 bits per heavy atom. The SMILES string of the molecule is O=C(c1cc2cc(Cl)ccc2o1)C1CC1c1ccccc1. The molecule has 104 valence electrons. The van der Waals surface area contributed by atoms with Gasteiger partial charge in [-0.25, -0.2) is 0 Å². The summed E-state index contributed by atoms with van der Waals surface area (Å²) in [7, 11) is 0. The molecule has 4 rings (SSSR count). The molecule has 0 saturated heterocycles. The fourth-order valence-corrected chi connectivity index (χ4v) is 3.05. The van der Waals surface area contributed by atoms with Crippen LogP contribution in [-0.2, 0) is 0 Å². The van der Waals surface area contributed by atoms with Crippen LogP contribution in [0, 0.1) is 5.92 Å². The van der Waals surface area contributed by atoms with Gasteiger partial charge in [-0.1, -0.05) is 41.9 Å². The highest BCUT2D eigenvalue weighted by molar-refractivity contribution is 6.31. The molecule has 3 heteroatoms. The lowest BCUT2D eigenvalue weighted by molar-refractivity contribution is 0.0940. The number of rotatable bonds is 3. The predicted molar refractivity (Wildman–Crippen MR) is 82.8 cm³/mol. The summed E-state index contributed by atoms with van der Waals surface area (Å²) in [5.74, 6) is 0.908. The van der Waals surface area contributed by atoms with E-state index in [1.807, 2.05) is 24.3 Å². The van der Waals surface area contributed by atoms with Gasteiger partial charge in [0.2, 0.25) is 5.78 Å². The van der Waals surface area contributed by atoms with Crippen molar-refractivity contribution < 1.29 is 9.21 Å². The number of halogens is 1. The largest absolute Gasteiger partial charge is 0.453 e. The Bertz CT molecular complexity index is 820. The number of benzene rings is 2. The maximum Gasteiger partial charge on any atom is 0.201 e. The molecule has 0 bridgehead atoms. The Balaban J connectivity index is 1.60. The molecule has 0 radical (unpaired) electrons. The van der Waals surface area contributed by atoms with Gasteiger partial charge in [0.05, 0.1) is 0 Å². The lowest BCUT2D eigenvalue weighted by atomic mass is 10.1. The van der Waals surface area contributed by atoms with E-state index in [4.69, 9.17) is 16.0 Å². The van der Waals surface area contributed by atoms with E-state index in [9.17, 15) is 4.79 Å². The smallest absolute Gasteiger partial charge is 0.201 e. The van der Waals surface area contributed by atoms with E-state index >= 15 is 0 Å². The van der Waals surface area contributed by atoms with Crippen molar-refractivity contribution >= 4 is 28.4 Å². The van der Waals surface area contributed by atoms with Gasteiger partial charge in [-0.15, -0.1) is 0 Å². The summed E-state index contributed by atoms with van der Waals surface area (Å²) < 4.78 is 5.66. The zero-order valence-electron chi connectivity index (χ0n) is 11.3. The van der Waals surface area contributed by atoms with E-state index in [1.165, 1.54) is 5.56 Å². The van der Waals surface area contributed by atoms with Gasteiger partial charge in [-0.05, 0) is 42.2 Å². The van der Waals surface area contributed by atoms with Gasteiger partial charge in [-0.3, -0.25) is 4.79 Å². The summed E-state index contributed by atoms with van der Waals surface area (Å²) in [4.78, 5) is 12.5. The van der Waals surface area contributed by atoms with Crippen LogP contribution >= 0.6 is 11.6 Å². The van der Waals surface area contributed by atoms with Crippen molar-refractivity contribution in [3.63, 3.8) is 0 Å². The van der Waals surface area contributed by atoms with Crippen LogP contribution in [0.2, 0.25) is 5.02 Å². The third-order valence-electron chi connectivity index (χ3n) is 4.08. The molecule has 0 N–H and O–H groups in total. The molecule has 2 atom stereocenters. The Labute approximate surface area is 127 Å². The number of ketones is 1. The van der Waals surface area contributed by atoms with E-state index in [0.29, 0.717) is 22.3 Å². The third kappa shape index (κ3) is 2.26. The summed E-state index contributed by atoms with van der Waals surface area (Å²) >= 11 is 5.96. The third-order valence-corrected chi connectivity index (χ3v) is 4.31. The van der Waals surface area contributed by atoms with Crippen molar-refractivity contribution in [1.82, 2.24) is 0 Å². The summed E-state index contributed by atoms with van der Waals surface area (Å²) in [6.07, 6.45) is 0.903. The summed E-state index contributed by atoms with van der Waals surface area (Å²) in [5.41, 5.74) is 1.94. The first kappa shape index (κ1) is 12.7. The molecule has 1 fully saturated rings. The average molecular weight is 297 g/mol. The highest BCUT2D eigenvalue weighted by Crippen LogP contribution is 2.49. The minimum absolute atomic E-state index is 0.0448. The van der Waals surface area contributed by atoms with Crippen molar-refractivity contribution in [3.05, 3.63) is 70.9 Å². The standard InChI is InChI=1S/C18H13ClO2/c19-13-6-7-16-12(8-13)9-17(21-16)18(20)15-10-14(15)11-4-2-1-3-5-11/h1-9,14-15H,10H2. The molecule has 0 aliphatic heterocycles. The quantitative estimate of drug-likeness (QED) is 0.631. The van der Waals surface area contributed by atoms with Crippen LogP contribution < -0.4 is 0 Å². The van der Waals surface area contributed by atoms with E-state index in [-0.39, 0.29) is 11.7 Å². The molecule has 2 aromatic carbocycles. The summed E-state index contributed by atoms with van der Waals surface area (Å²) in [5, 5.41) is 1.53. The van der Waals surface area contributed by atoms with Gasteiger partial charge < -0.3 is 4.42 Å². The van der Waals surface area contributed by atoms with Crippen LogP contribution in [0.5, 0.6) is 0 Å². The van der Waals surface area contributed by atoms with Crippen LogP contribution in [0.25, 0.3) is 11.0 Å². The van der Waals surface area contributed by atoms with E-state index in [0.717, 1.165) is 11.8 Å². The van der Waals surface area contributed by atoms with E-state index in [1.54, 1.807) is 18.2 Å². The average Bonchev–Trinajstić information content (AvgIpc) is 3.20. The van der Waals surface area contributed by atoms with Crippen LogP contribution in [0.3, 0.4) is 0 Å². The number of furan rings is 1.